The van der Waals surface area contributed by atoms with E-state index in [9.17, 15) is 4.79 Å². The van der Waals surface area contributed by atoms with E-state index in [1.165, 1.54) is 11.8 Å². The Morgan fingerprint density at radius 1 is 1.37 bits per heavy atom. The van der Waals surface area contributed by atoms with Crippen LogP contribution in [-0.4, -0.2) is 18.6 Å². The van der Waals surface area contributed by atoms with Crippen LogP contribution in [0.5, 0.6) is 5.75 Å². The summed E-state index contributed by atoms with van der Waals surface area (Å²) in [5.74, 6) is 0.640. The first-order chi connectivity index (χ1) is 9.24. The summed E-state index contributed by atoms with van der Waals surface area (Å²) in [6.07, 6.45) is 2.15. The van der Waals surface area contributed by atoms with E-state index >= 15 is 0 Å². The highest BCUT2D eigenvalue weighted by atomic mass is 35.5. The molecule has 98 valence electrons. The Hall–Kier alpha value is -1.94. The van der Waals surface area contributed by atoms with Crippen molar-refractivity contribution in [3.63, 3.8) is 0 Å². The molecule has 19 heavy (non-hydrogen) atoms. The zero-order valence-corrected chi connectivity index (χ0v) is 10.8. The van der Waals surface area contributed by atoms with Crippen molar-refractivity contribution < 1.29 is 13.9 Å². The van der Waals surface area contributed by atoms with Gasteiger partial charge in [-0.25, -0.2) is 0 Å². The minimum absolute atomic E-state index is 0.0352. The molecule has 1 aliphatic heterocycles. The average Bonchev–Trinajstić information content (AvgIpc) is 3.01. The third kappa shape index (κ3) is 2.44. The molecule has 0 radical (unpaired) electrons. The second-order valence-corrected chi connectivity index (χ2v) is 4.71. The maximum absolute atomic E-state index is 11.8. The summed E-state index contributed by atoms with van der Waals surface area (Å²) in [5.41, 5.74) is 1.51. The maximum Gasteiger partial charge on any atom is 0.256 e. The van der Waals surface area contributed by atoms with Crippen molar-refractivity contribution in [3.8, 4) is 5.75 Å². The van der Waals surface area contributed by atoms with Crippen LogP contribution in [0.15, 0.2) is 41.0 Å². The van der Waals surface area contributed by atoms with Crippen LogP contribution in [0.3, 0.4) is 0 Å². The first-order valence-corrected chi connectivity index (χ1v) is 6.37. The zero-order chi connectivity index (χ0) is 13.2. The molecule has 2 aromatic rings. The molecule has 3 rings (SSSR count). The third-order valence-electron chi connectivity index (χ3n) is 3.07. The highest BCUT2D eigenvalue weighted by Crippen LogP contribution is 2.27. The van der Waals surface area contributed by atoms with Gasteiger partial charge in [-0.15, -0.1) is 0 Å². The van der Waals surface area contributed by atoms with E-state index < -0.39 is 0 Å². The molecule has 1 N–H and O–H groups in total. The van der Waals surface area contributed by atoms with Crippen molar-refractivity contribution in [3.05, 3.63) is 52.9 Å². The fourth-order valence-corrected chi connectivity index (χ4v) is 2.33. The van der Waals surface area contributed by atoms with E-state index in [1.54, 1.807) is 6.07 Å². The van der Waals surface area contributed by atoms with Gasteiger partial charge in [-0.2, -0.15) is 0 Å². The highest BCUT2D eigenvalue weighted by molar-refractivity contribution is 6.32. The quantitative estimate of drug-likeness (QED) is 0.938. The summed E-state index contributed by atoms with van der Waals surface area (Å²) in [6.45, 7) is 0.440. The zero-order valence-electron chi connectivity index (χ0n) is 10.1. The van der Waals surface area contributed by atoms with Crippen molar-refractivity contribution in [2.75, 3.05) is 6.54 Å². The number of fused-ring (bicyclic) bond motifs is 1. The van der Waals surface area contributed by atoms with Gasteiger partial charge in [0.05, 0.1) is 18.4 Å². The van der Waals surface area contributed by atoms with E-state index in [0.717, 1.165) is 12.2 Å². The van der Waals surface area contributed by atoms with E-state index in [4.69, 9.17) is 20.8 Å². The highest BCUT2D eigenvalue weighted by Gasteiger charge is 2.23. The van der Waals surface area contributed by atoms with Crippen LogP contribution in [0.4, 0.5) is 0 Å². The lowest BCUT2D eigenvalue weighted by molar-refractivity contribution is 0.0933. The van der Waals surface area contributed by atoms with E-state index in [-0.39, 0.29) is 17.2 Å². The van der Waals surface area contributed by atoms with Crippen LogP contribution in [0.1, 0.15) is 15.9 Å². The van der Waals surface area contributed by atoms with Gasteiger partial charge in [0.25, 0.3) is 5.91 Å². The minimum Gasteiger partial charge on any atom is -0.488 e. The van der Waals surface area contributed by atoms with Crippen LogP contribution in [-0.2, 0) is 6.42 Å². The summed E-state index contributed by atoms with van der Waals surface area (Å²) in [5, 5.41) is 2.90. The molecule has 0 saturated carbocycles. The number of amides is 1. The van der Waals surface area contributed by atoms with Gasteiger partial charge in [0.2, 0.25) is 5.22 Å². The van der Waals surface area contributed by atoms with Gasteiger partial charge < -0.3 is 14.5 Å². The number of ether oxygens (including phenoxy) is 1. The Morgan fingerprint density at radius 2 is 2.21 bits per heavy atom. The van der Waals surface area contributed by atoms with E-state index in [2.05, 4.69) is 5.32 Å². The predicted octanol–water partition coefficient (Wildman–Crippen LogP) is 2.67. The molecule has 1 atom stereocenters. The number of para-hydroxylation sites is 1. The molecule has 5 heteroatoms. The number of rotatable bonds is 3. The number of nitrogens with one attached hydrogen (secondary N) is 1. The van der Waals surface area contributed by atoms with E-state index in [1.807, 2.05) is 24.3 Å². The van der Waals surface area contributed by atoms with Crippen molar-refractivity contribution in [1.29, 1.82) is 0 Å². The van der Waals surface area contributed by atoms with Crippen molar-refractivity contribution in [2.45, 2.75) is 12.5 Å². The Morgan fingerprint density at radius 3 is 2.95 bits per heavy atom. The molecular formula is C14H12ClNO3. The lowest BCUT2D eigenvalue weighted by Gasteiger charge is -2.11. The number of furan rings is 1. The molecule has 1 aliphatic rings. The predicted molar refractivity (Wildman–Crippen MR) is 70.6 cm³/mol. The molecule has 0 aliphatic carbocycles. The molecule has 0 fully saturated rings. The molecule has 1 aromatic carbocycles. The topological polar surface area (TPSA) is 51.5 Å². The number of halogens is 1. The maximum atomic E-state index is 11.8. The first-order valence-electron chi connectivity index (χ1n) is 6.00. The smallest absolute Gasteiger partial charge is 0.256 e. The molecular weight excluding hydrogens is 266 g/mol. The van der Waals surface area contributed by atoms with E-state index in [0.29, 0.717) is 12.1 Å². The summed E-state index contributed by atoms with van der Waals surface area (Å²) in [6, 6.07) is 9.43. The Kier molecular flexibility index (Phi) is 3.17. The molecule has 0 bridgehead atoms. The Balaban J connectivity index is 1.58. The average molecular weight is 278 g/mol. The molecule has 1 unspecified atom stereocenters. The van der Waals surface area contributed by atoms with Crippen molar-refractivity contribution >= 4 is 17.5 Å². The number of carbonyl (C=O) groups excluding carboxylic acids is 1. The van der Waals surface area contributed by atoms with Gasteiger partial charge in [0.1, 0.15) is 11.9 Å². The fourth-order valence-electron chi connectivity index (χ4n) is 2.13. The number of benzene rings is 1. The first kappa shape index (κ1) is 12.1. The van der Waals surface area contributed by atoms with Crippen LogP contribution < -0.4 is 10.1 Å². The van der Waals surface area contributed by atoms with Crippen molar-refractivity contribution in [2.24, 2.45) is 0 Å². The van der Waals surface area contributed by atoms with Gasteiger partial charge in [-0.1, -0.05) is 18.2 Å². The molecule has 2 heterocycles. The second-order valence-electron chi connectivity index (χ2n) is 4.37. The molecule has 0 saturated heterocycles. The molecule has 1 amide bonds. The normalized spacial score (nSPS) is 16.8. The van der Waals surface area contributed by atoms with Gasteiger partial charge in [-0.05, 0) is 29.3 Å². The third-order valence-corrected chi connectivity index (χ3v) is 3.36. The van der Waals surface area contributed by atoms with Crippen LogP contribution in [0.2, 0.25) is 5.22 Å². The monoisotopic (exact) mass is 277 g/mol. The van der Waals surface area contributed by atoms with Gasteiger partial charge in [0.15, 0.2) is 0 Å². The number of hydrogen-bond acceptors (Lipinski definition) is 3. The molecule has 4 nitrogen and oxygen atoms in total. The van der Waals surface area contributed by atoms with Gasteiger partial charge >= 0.3 is 0 Å². The van der Waals surface area contributed by atoms with Crippen molar-refractivity contribution in [1.82, 2.24) is 5.32 Å². The largest absolute Gasteiger partial charge is 0.488 e. The summed E-state index contributed by atoms with van der Waals surface area (Å²) >= 11 is 5.74. The number of hydrogen-bond donors (Lipinski definition) is 1. The SMILES string of the molecule is O=C(NCC1Cc2ccccc2O1)c1ccoc1Cl. The summed E-state index contributed by atoms with van der Waals surface area (Å²) < 4.78 is 10.6. The van der Waals surface area contributed by atoms with Crippen LogP contribution in [0.25, 0.3) is 0 Å². The minimum atomic E-state index is -0.252. The summed E-state index contributed by atoms with van der Waals surface area (Å²) in [7, 11) is 0. The van der Waals surface area contributed by atoms with Gasteiger partial charge in [0, 0.05) is 6.42 Å². The lowest BCUT2D eigenvalue weighted by Crippen LogP contribution is -2.34. The van der Waals surface area contributed by atoms with Gasteiger partial charge in [-0.3, -0.25) is 4.79 Å². The van der Waals surface area contributed by atoms with Crippen LogP contribution >= 0.6 is 11.6 Å². The molecule has 0 spiro atoms. The molecule has 1 aromatic heterocycles. The fraction of sp³-hybridized carbons (Fsp3) is 0.214. The standard InChI is InChI=1S/C14H12ClNO3/c15-13-11(5-6-18-13)14(17)16-8-10-7-9-3-1-2-4-12(9)19-10/h1-6,10H,7-8H2,(H,16,17). The number of carbonyl (C=O) groups is 1. The lowest BCUT2D eigenvalue weighted by atomic mass is 10.1. The summed E-state index contributed by atoms with van der Waals surface area (Å²) in [4.78, 5) is 11.8. The second kappa shape index (κ2) is 4.97. The Labute approximate surface area is 115 Å². The Bertz CT molecular complexity index is 583. The van der Waals surface area contributed by atoms with Crippen LogP contribution in [0, 0.1) is 0 Å².